The predicted molar refractivity (Wildman–Crippen MR) is 70.5 cm³/mol. The first-order valence-corrected chi connectivity index (χ1v) is 7.17. The zero-order valence-corrected chi connectivity index (χ0v) is 12.0. The lowest BCUT2D eigenvalue weighted by Crippen LogP contribution is -2.24. The fourth-order valence-electron chi connectivity index (χ4n) is 3.27. The molecule has 5 heteroatoms. The first-order valence-electron chi connectivity index (χ1n) is 7.17. The molecule has 19 heavy (non-hydrogen) atoms. The summed E-state index contributed by atoms with van der Waals surface area (Å²) in [5, 5.41) is 14.0. The molecule has 2 fully saturated rings. The van der Waals surface area contributed by atoms with E-state index < -0.39 is 0 Å². The van der Waals surface area contributed by atoms with Crippen molar-refractivity contribution in [1.29, 1.82) is 0 Å². The number of fused-ring (bicyclic) bond motifs is 1. The number of rotatable bonds is 2. The Hall–Kier alpha value is -0.940. The molecule has 1 N–H and O–H groups in total. The summed E-state index contributed by atoms with van der Waals surface area (Å²) >= 11 is 0. The van der Waals surface area contributed by atoms with E-state index in [-0.39, 0.29) is 11.5 Å². The van der Waals surface area contributed by atoms with Gasteiger partial charge in [-0.05, 0) is 18.8 Å². The van der Waals surface area contributed by atoms with Gasteiger partial charge in [-0.25, -0.2) is 0 Å². The van der Waals surface area contributed by atoms with Gasteiger partial charge in [-0.3, -0.25) is 4.90 Å². The van der Waals surface area contributed by atoms with Gasteiger partial charge in [-0.1, -0.05) is 25.9 Å². The maximum Gasteiger partial charge on any atom is 0.240 e. The highest BCUT2D eigenvalue weighted by molar-refractivity contribution is 5.01. The number of hydrogen-bond acceptors (Lipinski definition) is 5. The Morgan fingerprint density at radius 1 is 1.32 bits per heavy atom. The van der Waals surface area contributed by atoms with Crippen molar-refractivity contribution in [2.45, 2.75) is 51.7 Å². The van der Waals surface area contributed by atoms with Crippen molar-refractivity contribution in [3.63, 3.8) is 0 Å². The molecule has 1 aliphatic carbocycles. The normalized spacial score (nSPS) is 31.9. The highest BCUT2D eigenvalue weighted by atomic mass is 16.5. The smallest absolute Gasteiger partial charge is 0.240 e. The molecule has 2 heterocycles. The van der Waals surface area contributed by atoms with Gasteiger partial charge in [0.2, 0.25) is 5.89 Å². The Kier molecular flexibility index (Phi) is 3.14. The highest BCUT2D eigenvalue weighted by Gasteiger charge is 2.42. The van der Waals surface area contributed by atoms with Crippen LogP contribution in [0.15, 0.2) is 4.52 Å². The molecular weight excluding hydrogens is 242 g/mol. The molecule has 106 valence electrons. The molecule has 1 saturated heterocycles. The standard InChI is InChI=1S/C14H23N3O2/c1-14(2,3)13-15-12(19-16-13)8-17-6-9-4-5-11(18)10(9)7-17/h9-11,18H,4-8H2,1-3H3. The zero-order valence-electron chi connectivity index (χ0n) is 12.0. The van der Waals surface area contributed by atoms with Crippen molar-refractivity contribution in [2.75, 3.05) is 13.1 Å². The molecule has 0 aromatic carbocycles. The molecule has 0 radical (unpaired) electrons. The van der Waals surface area contributed by atoms with Gasteiger partial charge in [0.1, 0.15) is 0 Å². The molecule has 3 rings (SSSR count). The predicted octanol–water partition coefficient (Wildman–Crippen LogP) is 1.57. The number of aliphatic hydroxyl groups is 1. The van der Waals surface area contributed by atoms with Crippen molar-refractivity contribution < 1.29 is 9.63 Å². The second-order valence-electron chi connectivity index (χ2n) is 7.02. The maximum atomic E-state index is 9.92. The molecule has 3 unspecified atom stereocenters. The van der Waals surface area contributed by atoms with E-state index in [1.54, 1.807) is 0 Å². The van der Waals surface area contributed by atoms with Crippen LogP contribution in [0.2, 0.25) is 0 Å². The Morgan fingerprint density at radius 3 is 2.74 bits per heavy atom. The summed E-state index contributed by atoms with van der Waals surface area (Å²) in [7, 11) is 0. The average molecular weight is 265 g/mol. The second kappa shape index (κ2) is 4.56. The minimum absolute atomic E-state index is 0.0700. The van der Waals surface area contributed by atoms with E-state index in [1.807, 2.05) is 0 Å². The summed E-state index contributed by atoms with van der Waals surface area (Å²) in [6.45, 7) is 8.96. The molecular formula is C14H23N3O2. The number of likely N-dealkylation sites (tertiary alicyclic amines) is 1. The molecule has 1 saturated carbocycles. The van der Waals surface area contributed by atoms with Gasteiger partial charge >= 0.3 is 0 Å². The van der Waals surface area contributed by atoms with Gasteiger partial charge < -0.3 is 9.63 Å². The van der Waals surface area contributed by atoms with Gasteiger partial charge in [0, 0.05) is 24.4 Å². The van der Waals surface area contributed by atoms with Crippen LogP contribution < -0.4 is 0 Å². The second-order valence-corrected chi connectivity index (χ2v) is 7.02. The topological polar surface area (TPSA) is 62.4 Å². The van der Waals surface area contributed by atoms with Crippen molar-refractivity contribution in [2.24, 2.45) is 11.8 Å². The summed E-state index contributed by atoms with van der Waals surface area (Å²) in [5.41, 5.74) is -0.0700. The average Bonchev–Trinajstić information content (AvgIpc) is 2.97. The molecule has 0 amide bonds. The monoisotopic (exact) mass is 265 g/mol. The Morgan fingerprint density at radius 2 is 2.11 bits per heavy atom. The van der Waals surface area contributed by atoms with Crippen LogP contribution in [0.5, 0.6) is 0 Å². The largest absolute Gasteiger partial charge is 0.393 e. The third-order valence-electron chi connectivity index (χ3n) is 4.39. The SMILES string of the molecule is CC(C)(C)c1noc(CN2CC3CCC(O)C3C2)n1. The third kappa shape index (κ3) is 2.54. The molecule has 1 aromatic rings. The number of aliphatic hydroxyl groups excluding tert-OH is 1. The van der Waals surface area contributed by atoms with Crippen molar-refractivity contribution in [3.8, 4) is 0 Å². The van der Waals surface area contributed by atoms with E-state index >= 15 is 0 Å². The van der Waals surface area contributed by atoms with Crippen LogP contribution in [-0.2, 0) is 12.0 Å². The molecule has 0 spiro atoms. The van der Waals surface area contributed by atoms with Gasteiger partial charge in [-0.15, -0.1) is 0 Å². The lowest BCUT2D eigenvalue weighted by molar-refractivity contribution is 0.122. The van der Waals surface area contributed by atoms with Crippen LogP contribution in [0.25, 0.3) is 0 Å². The zero-order chi connectivity index (χ0) is 13.6. The number of aromatic nitrogens is 2. The van der Waals surface area contributed by atoms with Gasteiger partial charge in [0.05, 0.1) is 12.6 Å². The molecule has 1 aliphatic heterocycles. The summed E-state index contributed by atoms with van der Waals surface area (Å²) in [4.78, 5) is 6.81. The van der Waals surface area contributed by atoms with Crippen molar-refractivity contribution >= 4 is 0 Å². The van der Waals surface area contributed by atoms with Crippen LogP contribution in [0.4, 0.5) is 0 Å². The van der Waals surface area contributed by atoms with Crippen LogP contribution in [0.3, 0.4) is 0 Å². The van der Waals surface area contributed by atoms with Crippen LogP contribution >= 0.6 is 0 Å². The van der Waals surface area contributed by atoms with Crippen LogP contribution in [0, 0.1) is 11.8 Å². The van der Waals surface area contributed by atoms with E-state index in [0.717, 1.165) is 31.8 Å². The molecule has 0 bridgehead atoms. The molecule has 2 aliphatic rings. The Balaban J connectivity index is 1.62. The molecule has 1 aromatic heterocycles. The lowest BCUT2D eigenvalue weighted by atomic mass is 9.96. The van der Waals surface area contributed by atoms with E-state index in [2.05, 4.69) is 35.8 Å². The van der Waals surface area contributed by atoms with E-state index in [1.165, 1.54) is 0 Å². The summed E-state index contributed by atoms with van der Waals surface area (Å²) in [6.07, 6.45) is 2.01. The summed E-state index contributed by atoms with van der Waals surface area (Å²) in [5.74, 6) is 2.56. The van der Waals surface area contributed by atoms with Crippen LogP contribution in [-0.4, -0.2) is 39.3 Å². The summed E-state index contributed by atoms with van der Waals surface area (Å²) < 4.78 is 5.34. The fraction of sp³-hybridized carbons (Fsp3) is 0.857. The van der Waals surface area contributed by atoms with Crippen molar-refractivity contribution in [3.05, 3.63) is 11.7 Å². The quantitative estimate of drug-likeness (QED) is 0.879. The minimum Gasteiger partial charge on any atom is -0.393 e. The van der Waals surface area contributed by atoms with Gasteiger partial charge in [0.15, 0.2) is 5.82 Å². The van der Waals surface area contributed by atoms with Crippen molar-refractivity contribution in [1.82, 2.24) is 15.0 Å². The third-order valence-corrected chi connectivity index (χ3v) is 4.39. The minimum atomic E-state index is -0.108. The first-order chi connectivity index (χ1) is 8.93. The van der Waals surface area contributed by atoms with Gasteiger partial charge in [0.25, 0.3) is 0 Å². The van der Waals surface area contributed by atoms with Gasteiger partial charge in [-0.2, -0.15) is 4.98 Å². The maximum absolute atomic E-state index is 9.92. The Bertz CT molecular complexity index is 452. The van der Waals surface area contributed by atoms with E-state index in [4.69, 9.17) is 4.52 Å². The number of nitrogens with zero attached hydrogens (tertiary/aromatic N) is 3. The Labute approximate surface area is 114 Å². The molecule has 5 nitrogen and oxygen atoms in total. The lowest BCUT2D eigenvalue weighted by Gasteiger charge is -2.15. The van der Waals surface area contributed by atoms with E-state index in [0.29, 0.717) is 24.3 Å². The molecule has 3 atom stereocenters. The van der Waals surface area contributed by atoms with Crippen LogP contribution in [0.1, 0.15) is 45.3 Å². The van der Waals surface area contributed by atoms with E-state index in [9.17, 15) is 5.11 Å². The highest BCUT2D eigenvalue weighted by Crippen LogP contribution is 2.38. The summed E-state index contributed by atoms with van der Waals surface area (Å²) in [6, 6.07) is 0. The number of hydrogen-bond donors (Lipinski definition) is 1. The first kappa shape index (κ1) is 13.1. The fourth-order valence-corrected chi connectivity index (χ4v) is 3.27.